The summed E-state index contributed by atoms with van der Waals surface area (Å²) in [5.41, 5.74) is 2.48. The summed E-state index contributed by atoms with van der Waals surface area (Å²) in [5, 5.41) is 0. The lowest BCUT2D eigenvalue weighted by molar-refractivity contribution is 0.141. The Morgan fingerprint density at radius 2 is 2.25 bits per heavy atom. The standard InChI is InChI=1S/C9H12BrNO/c1-7-2-3-8(4-5-12-11)9(10)6-7/h2-3,6H,4-5,11H2,1H3. The number of benzene rings is 1. The number of hydrogen-bond acceptors (Lipinski definition) is 2. The van der Waals surface area contributed by atoms with Crippen LogP contribution >= 0.6 is 15.9 Å². The first-order valence-corrected chi connectivity index (χ1v) is 4.60. The maximum atomic E-state index is 4.94. The van der Waals surface area contributed by atoms with E-state index in [9.17, 15) is 0 Å². The first-order chi connectivity index (χ1) is 5.74. The second-order valence-electron chi connectivity index (χ2n) is 2.72. The molecule has 1 rings (SSSR count). The molecule has 3 heteroatoms. The quantitative estimate of drug-likeness (QED) is 0.808. The highest BCUT2D eigenvalue weighted by atomic mass is 79.9. The maximum Gasteiger partial charge on any atom is 0.0719 e. The Labute approximate surface area is 80.8 Å². The topological polar surface area (TPSA) is 35.2 Å². The summed E-state index contributed by atoms with van der Waals surface area (Å²) in [4.78, 5) is 4.51. The van der Waals surface area contributed by atoms with Crippen LogP contribution < -0.4 is 5.90 Å². The van der Waals surface area contributed by atoms with Crippen LogP contribution in [0.15, 0.2) is 22.7 Å². The van der Waals surface area contributed by atoms with Crippen molar-refractivity contribution >= 4 is 15.9 Å². The zero-order chi connectivity index (χ0) is 8.97. The fraction of sp³-hybridized carbons (Fsp3) is 0.333. The summed E-state index contributed by atoms with van der Waals surface area (Å²) in [5.74, 6) is 4.94. The van der Waals surface area contributed by atoms with Crippen LogP contribution in [0.2, 0.25) is 0 Å². The molecule has 0 aliphatic heterocycles. The molecular formula is C9H12BrNO. The average Bonchev–Trinajstić information content (AvgIpc) is 2.03. The van der Waals surface area contributed by atoms with Crippen molar-refractivity contribution in [2.75, 3.05) is 6.61 Å². The molecule has 0 aliphatic rings. The normalized spacial score (nSPS) is 10.2. The van der Waals surface area contributed by atoms with Gasteiger partial charge < -0.3 is 4.84 Å². The molecule has 1 aromatic rings. The number of hydrogen-bond donors (Lipinski definition) is 1. The minimum Gasteiger partial charge on any atom is -0.304 e. The predicted octanol–water partition coefficient (Wildman–Crippen LogP) is 2.19. The number of rotatable bonds is 3. The Balaban J connectivity index is 2.72. The Morgan fingerprint density at radius 3 is 2.83 bits per heavy atom. The van der Waals surface area contributed by atoms with Gasteiger partial charge in [-0.25, -0.2) is 5.90 Å². The molecule has 2 nitrogen and oxygen atoms in total. The third-order valence-corrected chi connectivity index (χ3v) is 2.44. The Bertz CT molecular complexity index is 263. The van der Waals surface area contributed by atoms with Gasteiger partial charge in [0.05, 0.1) is 6.61 Å². The van der Waals surface area contributed by atoms with E-state index in [0.29, 0.717) is 6.61 Å². The van der Waals surface area contributed by atoms with Gasteiger partial charge in [0, 0.05) is 4.47 Å². The van der Waals surface area contributed by atoms with E-state index in [-0.39, 0.29) is 0 Å². The van der Waals surface area contributed by atoms with Gasteiger partial charge in [0.2, 0.25) is 0 Å². The van der Waals surface area contributed by atoms with Crippen molar-refractivity contribution in [3.05, 3.63) is 33.8 Å². The van der Waals surface area contributed by atoms with Gasteiger partial charge in [-0.15, -0.1) is 0 Å². The molecule has 0 atom stereocenters. The van der Waals surface area contributed by atoms with Crippen molar-refractivity contribution in [3.8, 4) is 0 Å². The lowest BCUT2D eigenvalue weighted by Gasteiger charge is -2.03. The second-order valence-corrected chi connectivity index (χ2v) is 3.57. The lowest BCUT2D eigenvalue weighted by atomic mass is 10.1. The van der Waals surface area contributed by atoms with Gasteiger partial charge in [-0.3, -0.25) is 0 Å². The van der Waals surface area contributed by atoms with Crippen molar-refractivity contribution in [3.63, 3.8) is 0 Å². The third kappa shape index (κ3) is 2.59. The van der Waals surface area contributed by atoms with Gasteiger partial charge in [-0.05, 0) is 30.5 Å². The Hall–Kier alpha value is -0.380. The molecule has 0 fully saturated rings. The lowest BCUT2D eigenvalue weighted by Crippen LogP contribution is -2.04. The minimum absolute atomic E-state index is 0.557. The zero-order valence-corrected chi connectivity index (χ0v) is 8.60. The summed E-state index contributed by atoms with van der Waals surface area (Å²) < 4.78 is 1.12. The molecule has 0 radical (unpaired) electrons. The number of nitrogens with two attached hydrogens (primary N) is 1. The van der Waals surface area contributed by atoms with Crippen LogP contribution in [-0.2, 0) is 11.3 Å². The molecular weight excluding hydrogens is 218 g/mol. The Kier molecular flexibility index (Phi) is 3.72. The van der Waals surface area contributed by atoms with Gasteiger partial charge in [0.25, 0.3) is 0 Å². The van der Waals surface area contributed by atoms with Crippen LogP contribution in [0.4, 0.5) is 0 Å². The Morgan fingerprint density at radius 1 is 1.50 bits per heavy atom. The molecule has 0 aliphatic carbocycles. The third-order valence-electron chi connectivity index (χ3n) is 1.70. The SMILES string of the molecule is Cc1ccc(CCON)c(Br)c1. The van der Waals surface area contributed by atoms with Crippen LogP contribution in [-0.4, -0.2) is 6.61 Å². The average molecular weight is 230 g/mol. The summed E-state index contributed by atoms with van der Waals surface area (Å²) in [6.07, 6.45) is 0.845. The molecule has 0 amide bonds. The molecule has 0 heterocycles. The minimum atomic E-state index is 0.557. The van der Waals surface area contributed by atoms with Gasteiger partial charge >= 0.3 is 0 Å². The molecule has 0 bridgehead atoms. The highest BCUT2D eigenvalue weighted by Crippen LogP contribution is 2.18. The van der Waals surface area contributed by atoms with E-state index in [4.69, 9.17) is 5.90 Å². The van der Waals surface area contributed by atoms with Crippen LogP contribution in [0.25, 0.3) is 0 Å². The number of halogens is 1. The predicted molar refractivity (Wildman–Crippen MR) is 52.7 cm³/mol. The molecule has 0 saturated carbocycles. The molecule has 12 heavy (non-hydrogen) atoms. The number of aryl methyl sites for hydroxylation is 1. The van der Waals surface area contributed by atoms with Crippen LogP contribution in [0.3, 0.4) is 0 Å². The summed E-state index contributed by atoms with van der Waals surface area (Å²) in [6, 6.07) is 6.25. The first kappa shape index (κ1) is 9.71. The molecule has 0 saturated heterocycles. The summed E-state index contributed by atoms with van der Waals surface area (Å²) in [6.45, 7) is 2.62. The van der Waals surface area contributed by atoms with E-state index in [1.807, 2.05) is 0 Å². The van der Waals surface area contributed by atoms with Crippen molar-refractivity contribution in [1.29, 1.82) is 0 Å². The van der Waals surface area contributed by atoms with E-state index >= 15 is 0 Å². The van der Waals surface area contributed by atoms with E-state index < -0.39 is 0 Å². The summed E-state index contributed by atoms with van der Waals surface area (Å²) >= 11 is 3.48. The van der Waals surface area contributed by atoms with E-state index in [2.05, 4.69) is 45.9 Å². The van der Waals surface area contributed by atoms with Gasteiger partial charge in [0.15, 0.2) is 0 Å². The van der Waals surface area contributed by atoms with Crippen molar-refractivity contribution in [2.24, 2.45) is 5.90 Å². The van der Waals surface area contributed by atoms with Gasteiger partial charge in [0.1, 0.15) is 0 Å². The van der Waals surface area contributed by atoms with Crippen molar-refractivity contribution in [1.82, 2.24) is 0 Å². The summed E-state index contributed by atoms with van der Waals surface area (Å²) in [7, 11) is 0. The second kappa shape index (κ2) is 4.60. The van der Waals surface area contributed by atoms with Crippen molar-refractivity contribution < 1.29 is 4.84 Å². The highest BCUT2D eigenvalue weighted by Gasteiger charge is 1.98. The van der Waals surface area contributed by atoms with Crippen LogP contribution in [0.5, 0.6) is 0 Å². The highest BCUT2D eigenvalue weighted by molar-refractivity contribution is 9.10. The molecule has 2 N–H and O–H groups in total. The first-order valence-electron chi connectivity index (χ1n) is 3.80. The molecule has 66 valence electrons. The van der Waals surface area contributed by atoms with E-state index in [0.717, 1.165) is 10.9 Å². The zero-order valence-electron chi connectivity index (χ0n) is 7.01. The molecule has 0 aromatic heterocycles. The maximum absolute atomic E-state index is 4.94. The van der Waals surface area contributed by atoms with Crippen molar-refractivity contribution in [2.45, 2.75) is 13.3 Å². The molecule has 0 unspecified atom stereocenters. The largest absolute Gasteiger partial charge is 0.304 e. The molecule has 1 aromatic carbocycles. The fourth-order valence-electron chi connectivity index (χ4n) is 1.02. The van der Waals surface area contributed by atoms with E-state index in [1.54, 1.807) is 0 Å². The fourth-order valence-corrected chi connectivity index (χ4v) is 1.72. The van der Waals surface area contributed by atoms with Gasteiger partial charge in [-0.2, -0.15) is 0 Å². The monoisotopic (exact) mass is 229 g/mol. The smallest absolute Gasteiger partial charge is 0.0719 e. The molecule has 0 spiro atoms. The van der Waals surface area contributed by atoms with E-state index in [1.165, 1.54) is 11.1 Å². The van der Waals surface area contributed by atoms with Gasteiger partial charge in [-0.1, -0.05) is 28.1 Å². The van der Waals surface area contributed by atoms with Crippen LogP contribution in [0.1, 0.15) is 11.1 Å². The van der Waals surface area contributed by atoms with Crippen LogP contribution in [0, 0.1) is 6.92 Å².